The summed E-state index contributed by atoms with van der Waals surface area (Å²) in [5, 5.41) is 5.74. The van der Waals surface area contributed by atoms with E-state index in [1.807, 2.05) is 20.8 Å². The van der Waals surface area contributed by atoms with E-state index < -0.39 is 12.0 Å². The maximum Gasteiger partial charge on any atom is 0.338 e. The lowest BCUT2D eigenvalue weighted by atomic mass is 9.94. The molecule has 1 aromatic carbocycles. The number of ether oxygens (including phenoxy) is 1. The summed E-state index contributed by atoms with van der Waals surface area (Å²) in [6.07, 6.45) is 0.774. The van der Waals surface area contributed by atoms with Gasteiger partial charge in [0, 0.05) is 23.8 Å². The summed E-state index contributed by atoms with van der Waals surface area (Å²) in [5.41, 5.74) is 2.44. The zero-order valence-corrected chi connectivity index (χ0v) is 17.2. The quantitative estimate of drug-likeness (QED) is 0.700. The molecular formula is C21H29N3O4. The van der Waals surface area contributed by atoms with E-state index in [0.717, 1.165) is 12.0 Å². The highest BCUT2D eigenvalue weighted by Crippen LogP contribution is 2.32. The van der Waals surface area contributed by atoms with Crippen LogP contribution in [-0.4, -0.2) is 36.0 Å². The SMILES string of the molecule is CCCN1C(=O)N[C@@H](c2ccc(NC(=O)C(C)C)cc2)C(C(=O)OCC)=C1C. The molecule has 0 bridgehead atoms. The molecule has 2 N–H and O–H groups in total. The summed E-state index contributed by atoms with van der Waals surface area (Å²) in [5.74, 6) is -0.636. The minimum atomic E-state index is -0.602. The second-order valence-electron chi connectivity index (χ2n) is 7.02. The van der Waals surface area contributed by atoms with Gasteiger partial charge in [0.1, 0.15) is 0 Å². The monoisotopic (exact) mass is 387 g/mol. The smallest absolute Gasteiger partial charge is 0.338 e. The molecule has 2 rings (SSSR count). The number of hydrogen-bond donors (Lipinski definition) is 2. The largest absolute Gasteiger partial charge is 0.463 e. The van der Waals surface area contributed by atoms with Crippen molar-refractivity contribution in [3.8, 4) is 0 Å². The van der Waals surface area contributed by atoms with Crippen LogP contribution in [0.5, 0.6) is 0 Å². The Hall–Kier alpha value is -2.83. The number of amides is 3. The molecule has 152 valence electrons. The number of hydrogen-bond acceptors (Lipinski definition) is 4. The second kappa shape index (κ2) is 9.39. The van der Waals surface area contributed by atoms with Crippen LogP contribution in [0.25, 0.3) is 0 Å². The zero-order valence-electron chi connectivity index (χ0n) is 17.2. The van der Waals surface area contributed by atoms with Gasteiger partial charge in [0.25, 0.3) is 0 Å². The van der Waals surface area contributed by atoms with E-state index in [1.54, 1.807) is 43.0 Å². The fourth-order valence-electron chi connectivity index (χ4n) is 3.04. The minimum absolute atomic E-state index is 0.0723. The van der Waals surface area contributed by atoms with Crippen molar-refractivity contribution in [2.24, 2.45) is 5.92 Å². The summed E-state index contributed by atoms with van der Waals surface area (Å²) < 4.78 is 5.24. The molecule has 0 aliphatic carbocycles. The Bertz CT molecular complexity index is 768. The van der Waals surface area contributed by atoms with Gasteiger partial charge in [-0.25, -0.2) is 9.59 Å². The highest BCUT2D eigenvalue weighted by molar-refractivity contribution is 5.95. The molecule has 0 unspecified atom stereocenters. The summed E-state index contributed by atoms with van der Waals surface area (Å²) in [4.78, 5) is 38.6. The molecule has 1 heterocycles. The average Bonchev–Trinajstić information content (AvgIpc) is 2.65. The van der Waals surface area contributed by atoms with Gasteiger partial charge >= 0.3 is 12.0 Å². The van der Waals surface area contributed by atoms with Crippen LogP contribution in [0.2, 0.25) is 0 Å². The van der Waals surface area contributed by atoms with Crippen molar-refractivity contribution in [1.29, 1.82) is 0 Å². The molecule has 1 atom stereocenters. The van der Waals surface area contributed by atoms with Gasteiger partial charge in [-0.1, -0.05) is 32.9 Å². The van der Waals surface area contributed by atoms with Gasteiger partial charge in [-0.3, -0.25) is 9.69 Å². The van der Waals surface area contributed by atoms with Crippen molar-refractivity contribution in [3.05, 3.63) is 41.1 Å². The first kappa shape index (κ1) is 21.5. The molecule has 1 aliphatic heterocycles. The van der Waals surface area contributed by atoms with Crippen LogP contribution in [0, 0.1) is 5.92 Å². The van der Waals surface area contributed by atoms with Crippen molar-refractivity contribution in [2.45, 2.75) is 47.1 Å². The van der Waals surface area contributed by atoms with Crippen LogP contribution < -0.4 is 10.6 Å². The Kier molecular flexibility index (Phi) is 7.20. The van der Waals surface area contributed by atoms with E-state index >= 15 is 0 Å². The first-order chi connectivity index (χ1) is 13.3. The van der Waals surface area contributed by atoms with E-state index in [1.165, 1.54) is 0 Å². The number of rotatable bonds is 7. The Balaban J connectivity index is 2.37. The summed E-state index contributed by atoms with van der Waals surface area (Å²) in [6, 6.07) is 6.27. The molecule has 0 fully saturated rings. The van der Waals surface area contributed by atoms with Crippen LogP contribution >= 0.6 is 0 Å². The third-order valence-electron chi connectivity index (χ3n) is 4.57. The van der Waals surface area contributed by atoms with Crippen LogP contribution in [0.15, 0.2) is 35.5 Å². The molecule has 1 aromatic rings. The maximum absolute atomic E-state index is 12.6. The standard InChI is InChI=1S/C21H29N3O4/c1-6-12-24-14(5)17(20(26)28-7-2)18(23-21(24)27)15-8-10-16(11-9-15)22-19(25)13(3)4/h8-11,13,18H,6-7,12H2,1-5H3,(H,22,25)(H,23,27)/t18-/m0/s1. The zero-order chi connectivity index (χ0) is 20.8. The van der Waals surface area contributed by atoms with Gasteiger partial charge in [0.15, 0.2) is 0 Å². The van der Waals surface area contributed by atoms with Crippen molar-refractivity contribution in [3.63, 3.8) is 0 Å². The molecule has 0 radical (unpaired) electrons. The average molecular weight is 387 g/mol. The van der Waals surface area contributed by atoms with E-state index in [0.29, 0.717) is 23.5 Å². The van der Waals surface area contributed by atoms with Gasteiger partial charge in [-0.2, -0.15) is 0 Å². The molecule has 7 nitrogen and oxygen atoms in total. The normalized spacial score (nSPS) is 16.9. The van der Waals surface area contributed by atoms with Crippen LogP contribution in [-0.2, 0) is 14.3 Å². The fourth-order valence-corrected chi connectivity index (χ4v) is 3.04. The van der Waals surface area contributed by atoms with Crippen LogP contribution in [0.3, 0.4) is 0 Å². The lowest BCUT2D eigenvalue weighted by molar-refractivity contribution is -0.139. The van der Waals surface area contributed by atoms with E-state index in [9.17, 15) is 14.4 Å². The Morgan fingerprint density at radius 2 is 1.86 bits per heavy atom. The molecule has 3 amide bonds. The lowest BCUT2D eigenvalue weighted by Gasteiger charge is -2.35. The third kappa shape index (κ3) is 4.71. The molecule has 0 aromatic heterocycles. The summed E-state index contributed by atoms with van der Waals surface area (Å²) in [7, 11) is 0. The maximum atomic E-state index is 12.6. The molecule has 0 saturated heterocycles. The molecule has 7 heteroatoms. The third-order valence-corrected chi connectivity index (χ3v) is 4.57. The highest BCUT2D eigenvalue weighted by atomic mass is 16.5. The minimum Gasteiger partial charge on any atom is -0.463 e. The van der Waals surface area contributed by atoms with Crippen molar-refractivity contribution < 1.29 is 19.1 Å². The molecule has 28 heavy (non-hydrogen) atoms. The number of esters is 1. The number of allylic oxidation sites excluding steroid dienone is 1. The number of carbonyl (C=O) groups excluding carboxylic acids is 3. The number of carbonyl (C=O) groups is 3. The topological polar surface area (TPSA) is 87.7 Å². The Morgan fingerprint density at radius 3 is 2.39 bits per heavy atom. The van der Waals surface area contributed by atoms with Gasteiger partial charge in [0.05, 0.1) is 18.2 Å². The van der Waals surface area contributed by atoms with E-state index in [-0.39, 0.29) is 24.5 Å². The van der Waals surface area contributed by atoms with Gasteiger partial charge in [0.2, 0.25) is 5.91 Å². The van der Waals surface area contributed by atoms with Crippen molar-refractivity contribution in [1.82, 2.24) is 10.2 Å². The van der Waals surface area contributed by atoms with E-state index in [2.05, 4.69) is 10.6 Å². The lowest BCUT2D eigenvalue weighted by Crippen LogP contribution is -2.48. The summed E-state index contributed by atoms with van der Waals surface area (Å²) in [6.45, 7) is 9.91. The number of anilines is 1. The molecular weight excluding hydrogens is 358 g/mol. The fraction of sp³-hybridized carbons (Fsp3) is 0.476. The first-order valence-corrected chi connectivity index (χ1v) is 9.66. The van der Waals surface area contributed by atoms with E-state index in [4.69, 9.17) is 4.74 Å². The van der Waals surface area contributed by atoms with Crippen LogP contribution in [0.4, 0.5) is 10.5 Å². The predicted octanol–water partition coefficient (Wildman–Crippen LogP) is 3.59. The molecule has 0 saturated carbocycles. The predicted molar refractivity (Wildman–Crippen MR) is 108 cm³/mol. The van der Waals surface area contributed by atoms with Gasteiger partial charge in [-0.05, 0) is 38.0 Å². The van der Waals surface area contributed by atoms with Gasteiger partial charge in [-0.15, -0.1) is 0 Å². The highest BCUT2D eigenvalue weighted by Gasteiger charge is 2.36. The van der Waals surface area contributed by atoms with Crippen LogP contribution in [0.1, 0.15) is 52.6 Å². The summed E-state index contributed by atoms with van der Waals surface area (Å²) >= 11 is 0. The number of nitrogens with one attached hydrogen (secondary N) is 2. The number of nitrogens with zero attached hydrogens (tertiary/aromatic N) is 1. The Labute approximate surface area is 166 Å². The first-order valence-electron chi connectivity index (χ1n) is 9.66. The van der Waals surface area contributed by atoms with Crippen molar-refractivity contribution in [2.75, 3.05) is 18.5 Å². The van der Waals surface area contributed by atoms with Crippen molar-refractivity contribution >= 4 is 23.6 Å². The van der Waals surface area contributed by atoms with Gasteiger partial charge < -0.3 is 15.4 Å². The second-order valence-corrected chi connectivity index (χ2v) is 7.02. The number of benzene rings is 1. The molecule has 0 spiro atoms. The molecule has 1 aliphatic rings. The number of urea groups is 1. The Morgan fingerprint density at radius 1 is 1.21 bits per heavy atom.